The number of benzene rings is 1. The topological polar surface area (TPSA) is 24.9 Å². The third kappa shape index (κ3) is 2.78. The van der Waals surface area contributed by atoms with Crippen LogP contribution in [0.25, 0.3) is 11.3 Å². The molecular formula is C12H12N2S2. The van der Waals surface area contributed by atoms with Crippen molar-refractivity contribution >= 4 is 22.6 Å². The van der Waals surface area contributed by atoms with E-state index in [1.54, 1.807) is 0 Å². The molecule has 16 heavy (non-hydrogen) atoms. The number of rotatable bonds is 4. The second-order valence-corrected chi connectivity index (χ2v) is 4.30. The van der Waals surface area contributed by atoms with E-state index in [0.29, 0.717) is 0 Å². The third-order valence-electron chi connectivity index (χ3n) is 2.29. The van der Waals surface area contributed by atoms with E-state index in [-0.39, 0.29) is 0 Å². The molecule has 2 rings (SSSR count). The Balaban J connectivity index is 2.33. The van der Waals surface area contributed by atoms with Crippen LogP contribution in [0.5, 0.6) is 0 Å². The summed E-state index contributed by atoms with van der Waals surface area (Å²) in [5.74, 6) is 0. The normalized spacial score (nSPS) is 10.3. The average Bonchev–Trinajstić information content (AvgIpc) is 2.38. The van der Waals surface area contributed by atoms with E-state index >= 15 is 0 Å². The second-order valence-electron chi connectivity index (χ2n) is 3.28. The Morgan fingerprint density at radius 1 is 1.12 bits per heavy atom. The quantitative estimate of drug-likeness (QED) is 0.493. The van der Waals surface area contributed by atoms with Gasteiger partial charge in [0.05, 0.1) is 5.69 Å². The second kappa shape index (κ2) is 5.94. The van der Waals surface area contributed by atoms with Gasteiger partial charge in [0, 0.05) is 18.3 Å². The van der Waals surface area contributed by atoms with Gasteiger partial charge in [-0.3, -0.25) is 9.71 Å². The minimum atomic E-state index is 0.779. The Labute approximate surface area is 104 Å². The molecule has 0 unspecified atom stereocenters. The first-order valence-corrected chi connectivity index (χ1v) is 6.81. The first-order valence-electron chi connectivity index (χ1n) is 4.94. The van der Waals surface area contributed by atoms with Crippen molar-refractivity contribution in [3.05, 3.63) is 54.2 Å². The van der Waals surface area contributed by atoms with Gasteiger partial charge < -0.3 is 0 Å². The molecule has 0 bridgehead atoms. The average molecular weight is 248 g/mol. The van der Waals surface area contributed by atoms with E-state index in [4.69, 9.17) is 0 Å². The van der Waals surface area contributed by atoms with Crippen LogP contribution < -0.4 is 4.72 Å². The van der Waals surface area contributed by atoms with Crippen LogP contribution >= 0.6 is 22.6 Å². The Morgan fingerprint density at radius 3 is 2.69 bits per heavy atom. The molecule has 0 aliphatic carbocycles. The van der Waals surface area contributed by atoms with E-state index < -0.39 is 0 Å². The van der Waals surface area contributed by atoms with Gasteiger partial charge in [-0.2, -0.15) is 0 Å². The lowest BCUT2D eigenvalue weighted by Gasteiger charge is -2.08. The molecule has 0 radical (unpaired) electrons. The van der Waals surface area contributed by atoms with Gasteiger partial charge in [0.2, 0.25) is 0 Å². The Hall–Kier alpha value is -0.970. The van der Waals surface area contributed by atoms with Crippen molar-refractivity contribution in [1.29, 1.82) is 0 Å². The van der Waals surface area contributed by atoms with Crippen LogP contribution in [0.4, 0.5) is 0 Å². The number of nitrogens with zero attached hydrogens (tertiary/aromatic N) is 1. The number of thiol groups is 1. The third-order valence-corrected chi connectivity index (χ3v) is 2.95. The first-order chi connectivity index (χ1) is 7.92. The van der Waals surface area contributed by atoms with Crippen LogP contribution in [-0.4, -0.2) is 4.98 Å². The molecule has 0 aliphatic rings. The van der Waals surface area contributed by atoms with Crippen molar-refractivity contribution in [2.24, 2.45) is 0 Å². The maximum Gasteiger partial charge on any atom is 0.0705 e. The molecule has 0 atom stereocenters. The van der Waals surface area contributed by atoms with E-state index in [1.165, 1.54) is 16.5 Å². The van der Waals surface area contributed by atoms with E-state index in [1.807, 2.05) is 36.5 Å². The zero-order valence-electron chi connectivity index (χ0n) is 8.63. The lowest BCUT2D eigenvalue weighted by Crippen LogP contribution is -2.02. The maximum atomic E-state index is 4.36. The highest BCUT2D eigenvalue weighted by molar-refractivity contribution is 8.67. The van der Waals surface area contributed by atoms with Gasteiger partial charge in [-0.25, -0.2) is 0 Å². The first kappa shape index (κ1) is 11.5. The molecule has 0 saturated heterocycles. The van der Waals surface area contributed by atoms with Crippen LogP contribution in [0.3, 0.4) is 0 Å². The minimum absolute atomic E-state index is 0.779. The molecule has 2 nitrogen and oxygen atoms in total. The summed E-state index contributed by atoms with van der Waals surface area (Å²) in [4.78, 5) is 4.36. The summed E-state index contributed by atoms with van der Waals surface area (Å²) in [5, 5.41) is 0. The van der Waals surface area contributed by atoms with Crippen LogP contribution in [-0.2, 0) is 6.54 Å². The Bertz CT molecular complexity index is 446. The standard InChI is InChI=1S/C12H12N2S2/c15-16-14-9-10-5-1-2-6-11(10)12-7-3-4-8-13-12/h1-8,14-15H,9H2. The molecule has 4 heteroatoms. The summed E-state index contributed by atoms with van der Waals surface area (Å²) in [7, 11) is 1.32. The van der Waals surface area contributed by atoms with Gasteiger partial charge in [-0.1, -0.05) is 42.0 Å². The summed E-state index contributed by atoms with van der Waals surface area (Å²) in [6.07, 6.45) is 1.81. The molecule has 2 aromatic rings. The van der Waals surface area contributed by atoms with Gasteiger partial charge in [0.1, 0.15) is 0 Å². The molecule has 1 aromatic carbocycles. The summed E-state index contributed by atoms with van der Waals surface area (Å²) in [6, 6.07) is 14.2. The van der Waals surface area contributed by atoms with Crippen LogP contribution in [0, 0.1) is 0 Å². The monoisotopic (exact) mass is 248 g/mol. The Kier molecular flexibility index (Phi) is 4.27. The van der Waals surface area contributed by atoms with Gasteiger partial charge in [0.15, 0.2) is 0 Å². The molecule has 0 fully saturated rings. The largest absolute Gasteiger partial charge is 0.256 e. The molecule has 0 spiro atoms. The molecular weight excluding hydrogens is 236 g/mol. The molecule has 1 N–H and O–H groups in total. The van der Waals surface area contributed by atoms with E-state index in [0.717, 1.165) is 17.8 Å². The number of aromatic nitrogens is 1. The van der Waals surface area contributed by atoms with Gasteiger partial charge >= 0.3 is 0 Å². The molecule has 1 heterocycles. The van der Waals surface area contributed by atoms with Crippen LogP contribution in [0.15, 0.2) is 48.7 Å². The predicted molar refractivity (Wildman–Crippen MR) is 73.1 cm³/mol. The van der Waals surface area contributed by atoms with E-state index in [2.05, 4.69) is 33.5 Å². The zero-order chi connectivity index (χ0) is 11.2. The highest BCUT2D eigenvalue weighted by Gasteiger charge is 2.04. The summed E-state index contributed by atoms with van der Waals surface area (Å²) < 4.78 is 3.13. The van der Waals surface area contributed by atoms with Gasteiger partial charge in [-0.05, 0) is 28.7 Å². The molecule has 82 valence electrons. The fourth-order valence-electron chi connectivity index (χ4n) is 1.56. The number of nitrogens with one attached hydrogen (secondary N) is 1. The van der Waals surface area contributed by atoms with Crippen LogP contribution in [0.2, 0.25) is 0 Å². The lowest BCUT2D eigenvalue weighted by molar-refractivity contribution is 0.984. The van der Waals surface area contributed by atoms with Gasteiger partial charge in [-0.15, -0.1) is 0 Å². The summed E-state index contributed by atoms with van der Waals surface area (Å²) in [5.41, 5.74) is 3.39. The molecule has 0 saturated carbocycles. The van der Waals surface area contributed by atoms with Crippen LogP contribution in [0.1, 0.15) is 5.56 Å². The maximum absolute atomic E-state index is 4.36. The fraction of sp³-hybridized carbons (Fsp3) is 0.0833. The van der Waals surface area contributed by atoms with Gasteiger partial charge in [0.25, 0.3) is 0 Å². The number of hydrogen-bond acceptors (Lipinski definition) is 4. The highest BCUT2D eigenvalue weighted by Crippen LogP contribution is 2.21. The minimum Gasteiger partial charge on any atom is -0.256 e. The van der Waals surface area contributed by atoms with E-state index in [9.17, 15) is 0 Å². The highest BCUT2D eigenvalue weighted by atomic mass is 33.1. The predicted octanol–water partition coefficient (Wildman–Crippen LogP) is 3.33. The number of pyridine rings is 1. The van der Waals surface area contributed by atoms with Crippen molar-refractivity contribution in [3.63, 3.8) is 0 Å². The van der Waals surface area contributed by atoms with Crippen molar-refractivity contribution in [3.8, 4) is 11.3 Å². The van der Waals surface area contributed by atoms with Crippen molar-refractivity contribution in [2.45, 2.75) is 6.54 Å². The fourth-order valence-corrected chi connectivity index (χ4v) is 1.97. The Morgan fingerprint density at radius 2 is 1.94 bits per heavy atom. The SMILES string of the molecule is SSNCc1ccccc1-c1ccccn1. The molecule has 1 aromatic heterocycles. The smallest absolute Gasteiger partial charge is 0.0705 e. The lowest BCUT2D eigenvalue weighted by atomic mass is 10.0. The zero-order valence-corrected chi connectivity index (χ0v) is 10.3. The summed E-state index contributed by atoms with van der Waals surface area (Å²) in [6.45, 7) is 0.779. The van der Waals surface area contributed by atoms with Crippen molar-refractivity contribution in [2.75, 3.05) is 0 Å². The number of hydrogen-bond donors (Lipinski definition) is 2. The summed E-state index contributed by atoms with van der Waals surface area (Å²) >= 11 is 4.06. The van der Waals surface area contributed by atoms with Crippen molar-refractivity contribution in [1.82, 2.24) is 9.71 Å². The van der Waals surface area contributed by atoms with Crippen molar-refractivity contribution < 1.29 is 0 Å². The molecule has 0 amide bonds. The molecule has 0 aliphatic heterocycles.